The molecule has 3 aromatic rings. The zero-order valence-corrected chi connectivity index (χ0v) is 19.8. The van der Waals surface area contributed by atoms with E-state index in [-0.39, 0.29) is 17.5 Å². The molecule has 0 saturated carbocycles. The molecule has 0 aliphatic rings. The number of nitrogens with one attached hydrogen (secondary N) is 1. The molecule has 5 heteroatoms. The minimum Gasteiger partial charge on any atom is -0.487 e. The van der Waals surface area contributed by atoms with E-state index < -0.39 is 0 Å². The first-order valence-electron chi connectivity index (χ1n) is 10.4. The first kappa shape index (κ1) is 23.3. The summed E-state index contributed by atoms with van der Waals surface area (Å²) >= 11 is 3.61. The van der Waals surface area contributed by atoms with Crippen LogP contribution in [0.4, 0.5) is 0 Å². The Bertz CT molecular complexity index is 1220. The van der Waals surface area contributed by atoms with Crippen molar-refractivity contribution in [2.24, 2.45) is 0 Å². The van der Waals surface area contributed by atoms with Crippen molar-refractivity contribution in [3.8, 4) is 11.8 Å². The zero-order chi connectivity index (χ0) is 23.1. The van der Waals surface area contributed by atoms with Crippen molar-refractivity contribution >= 4 is 38.7 Å². The largest absolute Gasteiger partial charge is 0.487 e. The summed E-state index contributed by atoms with van der Waals surface area (Å²) in [6.45, 7) is 7.98. The molecule has 0 saturated heterocycles. The third-order valence-electron chi connectivity index (χ3n) is 4.85. The minimum absolute atomic E-state index is 0.0489. The van der Waals surface area contributed by atoms with Gasteiger partial charge in [-0.25, -0.2) is 0 Å². The summed E-state index contributed by atoms with van der Waals surface area (Å²) in [5.74, 6) is 0.334. The lowest BCUT2D eigenvalue weighted by molar-refractivity contribution is -0.117. The van der Waals surface area contributed by atoms with Crippen molar-refractivity contribution in [1.82, 2.24) is 5.32 Å². The molecule has 0 aliphatic carbocycles. The molecule has 0 fully saturated rings. The van der Waals surface area contributed by atoms with Crippen LogP contribution in [-0.2, 0) is 17.8 Å². The SMILES string of the molecule is C=CCc1cc(/C=C(/C#N)C(=O)NC(C)C)cc(Br)c1OCc1cccc2ccccc12. The molecular formula is C27H25BrN2O2. The van der Waals surface area contributed by atoms with E-state index in [1.807, 2.05) is 50.2 Å². The average Bonchev–Trinajstić information content (AvgIpc) is 2.76. The lowest BCUT2D eigenvalue weighted by Crippen LogP contribution is -2.30. The summed E-state index contributed by atoms with van der Waals surface area (Å²) in [6, 6.07) is 20.1. The standard InChI is InChI=1S/C27H25BrN2O2/c1-4-8-21-13-19(14-23(16-29)27(31)30-18(2)3)15-25(28)26(21)32-17-22-11-7-10-20-9-5-6-12-24(20)22/h4-7,9-15,18H,1,8,17H2,2-3H3,(H,30,31)/b23-14-. The van der Waals surface area contributed by atoms with Crippen LogP contribution in [0.2, 0.25) is 0 Å². The Morgan fingerprint density at radius 1 is 1.19 bits per heavy atom. The average molecular weight is 489 g/mol. The summed E-state index contributed by atoms with van der Waals surface area (Å²) in [6.07, 6.45) is 3.98. The Balaban J connectivity index is 1.92. The van der Waals surface area contributed by atoms with E-state index in [1.54, 1.807) is 12.2 Å². The topological polar surface area (TPSA) is 62.1 Å². The monoisotopic (exact) mass is 488 g/mol. The summed E-state index contributed by atoms with van der Waals surface area (Å²) in [7, 11) is 0. The number of allylic oxidation sites excluding steroid dienone is 1. The van der Waals surface area contributed by atoms with E-state index in [0.717, 1.165) is 32.3 Å². The predicted molar refractivity (Wildman–Crippen MR) is 133 cm³/mol. The third-order valence-corrected chi connectivity index (χ3v) is 5.44. The highest BCUT2D eigenvalue weighted by molar-refractivity contribution is 9.10. The summed E-state index contributed by atoms with van der Waals surface area (Å²) in [5.41, 5.74) is 2.81. The van der Waals surface area contributed by atoms with Crippen LogP contribution in [0.15, 0.2) is 77.3 Å². The number of ether oxygens (including phenoxy) is 1. The van der Waals surface area contributed by atoms with Crippen LogP contribution >= 0.6 is 15.9 Å². The Hall–Kier alpha value is -3.36. The first-order chi connectivity index (χ1) is 15.4. The number of halogens is 1. The molecule has 0 atom stereocenters. The number of hydrogen-bond acceptors (Lipinski definition) is 3. The Kier molecular flexibility index (Phi) is 7.86. The van der Waals surface area contributed by atoms with Crippen LogP contribution in [0.3, 0.4) is 0 Å². The molecule has 0 bridgehead atoms. The van der Waals surface area contributed by atoms with Gasteiger partial charge in [0.1, 0.15) is 24.0 Å². The van der Waals surface area contributed by atoms with Crippen molar-refractivity contribution < 1.29 is 9.53 Å². The number of amides is 1. The molecule has 162 valence electrons. The van der Waals surface area contributed by atoms with Crippen LogP contribution in [0, 0.1) is 11.3 Å². The van der Waals surface area contributed by atoms with Gasteiger partial charge >= 0.3 is 0 Å². The van der Waals surface area contributed by atoms with Gasteiger partial charge in [-0.2, -0.15) is 5.26 Å². The molecule has 0 aromatic heterocycles. The van der Waals surface area contributed by atoms with Gasteiger partial charge in [0.05, 0.1) is 4.47 Å². The first-order valence-corrected chi connectivity index (χ1v) is 11.2. The second-order valence-electron chi connectivity index (χ2n) is 7.71. The fourth-order valence-electron chi connectivity index (χ4n) is 3.45. The summed E-state index contributed by atoms with van der Waals surface area (Å²) < 4.78 is 7.00. The van der Waals surface area contributed by atoms with Gasteiger partial charge in [0, 0.05) is 6.04 Å². The molecule has 32 heavy (non-hydrogen) atoms. The second-order valence-corrected chi connectivity index (χ2v) is 8.56. The van der Waals surface area contributed by atoms with E-state index in [2.05, 4.69) is 52.1 Å². The molecular weight excluding hydrogens is 464 g/mol. The predicted octanol–water partition coefficient (Wildman–Crippen LogP) is 6.34. The molecule has 4 nitrogen and oxygen atoms in total. The van der Waals surface area contributed by atoms with Crippen LogP contribution in [0.1, 0.15) is 30.5 Å². The maximum absolute atomic E-state index is 12.3. The molecule has 0 spiro atoms. The van der Waals surface area contributed by atoms with Crippen LogP contribution in [-0.4, -0.2) is 11.9 Å². The molecule has 0 heterocycles. The van der Waals surface area contributed by atoms with Crippen molar-refractivity contribution in [3.63, 3.8) is 0 Å². The smallest absolute Gasteiger partial charge is 0.262 e. The second kappa shape index (κ2) is 10.8. The molecule has 1 amide bonds. The Morgan fingerprint density at radius 2 is 1.94 bits per heavy atom. The Labute approximate surface area is 197 Å². The van der Waals surface area contributed by atoms with E-state index in [1.165, 1.54) is 5.39 Å². The maximum atomic E-state index is 12.3. The van der Waals surface area contributed by atoms with E-state index in [9.17, 15) is 10.1 Å². The lowest BCUT2D eigenvalue weighted by Gasteiger charge is -2.15. The van der Waals surface area contributed by atoms with Crippen LogP contribution < -0.4 is 10.1 Å². The zero-order valence-electron chi connectivity index (χ0n) is 18.2. The summed E-state index contributed by atoms with van der Waals surface area (Å²) in [4.78, 5) is 12.3. The van der Waals surface area contributed by atoms with Gasteiger partial charge in [0.25, 0.3) is 5.91 Å². The van der Waals surface area contributed by atoms with E-state index in [4.69, 9.17) is 4.74 Å². The molecule has 1 N–H and O–H groups in total. The van der Waals surface area contributed by atoms with Gasteiger partial charge in [-0.1, -0.05) is 48.5 Å². The van der Waals surface area contributed by atoms with Crippen molar-refractivity contribution in [2.75, 3.05) is 0 Å². The summed E-state index contributed by atoms with van der Waals surface area (Å²) in [5, 5.41) is 14.5. The fourth-order valence-corrected chi connectivity index (χ4v) is 4.08. The fraction of sp³-hybridized carbons (Fsp3) is 0.185. The highest BCUT2D eigenvalue weighted by Crippen LogP contribution is 2.33. The highest BCUT2D eigenvalue weighted by atomic mass is 79.9. The van der Waals surface area contributed by atoms with Gasteiger partial charge in [-0.15, -0.1) is 6.58 Å². The number of nitrogens with zero attached hydrogens (tertiary/aromatic N) is 1. The Morgan fingerprint density at radius 3 is 2.66 bits per heavy atom. The molecule has 0 unspecified atom stereocenters. The maximum Gasteiger partial charge on any atom is 0.262 e. The minimum atomic E-state index is -0.389. The van der Waals surface area contributed by atoms with Crippen molar-refractivity contribution in [3.05, 3.63) is 94.0 Å². The third kappa shape index (κ3) is 5.66. The number of carbonyl (C=O) groups excluding carboxylic acids is 1. The molecule has 3 rings (SSSR count). The van der Waals surface area contributed by atoms with E-state index >= 15 is 0 Å². The lowest BCUT2D eigenvalue weighted by atomic mass is 10.0. The number of hydrogen-bond donors (Lipinski definition) is 1. The van der Waals surface area contributed by atoms with Crippen LogP contribution in [0.25, 0.3) is 16.8 Å². The number of carbonyl (C=O) groups is 1. The van der Waals surface area contributed by atoms with Crippen molar-refractivity contribution in [1.29, 1.82) is 5.26 Å². The molecule has 0 radical (unpaired) electrons. The number of fused-ring (bicyclic) bond motifs is 1. The van der Waals surface area contributed by atoms with Gasteiger partial charge in [0.15, 0.2) is 0 Å². The van der Waals surface area contributed by atoms with Crippen molar-refractivity contribution in [2.45, 2.75) is 32.9 Å². The van der Waals surface area contributed by atoms with Gasteiger partial charge in [-0.3, -0.25) is 4.79 Å². The number of nitriles is 1. The van der Waals surface area contributed by atoms with Crippen LogP contribution in [0.5, 0.6) is 5.75 Å². The normalized spacial score (nSPS) is 11.3. The highest BCUT2D eigenvalue weighted by Gasteiger charge is 2.14. The van der Waals surface area contributed by atoms with Gasteiger partial charge in [0.2, 0.25) is 0 Å². The van der Waals surface area contributed by atoms with Gasteiger partial charge in [-0.05, 0) is 81.9 Å². The molecule has 0 aliphatic heterocycles. The number of benzene rings is 3. The van der Waals surface area contributed by atoms with Gasteiger partial charge < -0.3 is 10.1 Å². The molecule has 3 aromatic carbocycles. The number of rotatable bonds is 8. The quantitative estimate of drug-likeness (QED) is 0.228. The van der Waals surface area contributed by atoms with E-state index in [0.29, 0.717) is 13.0 Å².